The first-order valence-electron chi connectivity index (χ1n) is 20.6. The third-order valence-electron chi connectivity index (χ3n) is 11.7. The van der Waals surface area contributed by atoms with E-state index in [1.165, 1.54) is 23.6 Å². The van der Waals surface area contributed by atoms with Gasteiger partial charge in [0.1, 0.15) is 35.1 Å². The van der Waals surface area contributed by atoms with Gasteiger partial charge in [-0.2, -0.15) is 0 Å². The van der Waals surface area contributed by atoms with Gasteiger partial charge in [-0.1, -0.05) is 13.8 Å². The Morgan fingerprint density at radius 3 is 1.40 bits per heavy atom. The predicted octanol–water partition coefficient (Wildman–Crippen LogP) is 8.36. The lowest BCUT2D eigenvalue weighted by atomic mass is 9.89. The number of hydrogen-bond acceptors (Lipinski definition) is 11. The first-order valence-corrected chi connectivity index (χ1v) is 23.1. The van der Waals surface area contributed by atoms with Crippen LogP contribution in [0.5, 0.6) is 0 Å². The van der Waals surface area contributed by atoms with Crippen LogP contribution in [-0.4, -0.2) is 105 Å². The van der Waals surface area contributed by atoms with Crippen molar-refractivity contribution in [2.24, 2.45) is 0 Å². The van der Waals surface area contributed by atoms with E-state index in [1.807, 2.05) is 13.8 Å². The van der Waals surface area contributed by atoms with Gasteiger partial charge in [0.05, 0.1) is 35.7 Å². The third kappa shape index (κ3) is 11.6. The molecule has 0 aromatic heterocycles. The van der Waals surface area contributed by atoms with Crippen LogP contribution >= 0.6 is 7.37 Å². The van der Waals surface area contributed by atoms with Gasteiger partial charge in [0.25, 0.3) is 0 Å². The number of amides is 2. The molecule has 0 bridgehead atoms. The number of carbonyl (C=O) groups is 4. The van der Waals surface area contributed by atoms with Gasteiger partial charge in [-0.25, -0.2) is 27.2 Å². The summed E-state index contributed by atoms with van der Waals surface area (Å²) in [5, 5.41) is 10.3. The molecule has 2 atom stereocenters. The highest BCUT2D eigenvalue weighted by molar-refractivity contribution is 7.57. The summed E-state index contributed by atoms with van der Waals surface area (Å²) in [5.74, 6) is -3.05. The number of halogens is 4. The van der Waals surface area contributed by atoms with E-state index >= 15 is 0 Å². The number of hydrogen-bond donors (Lipinski definition) is 1. The van der Waals surface area contributed by atoms with Crippen molar-refractivity contribution >= 4 is 53.9 Å². The quantitative estimate of drug-likeness (QED) is 0.144. The lowest BCUT2D eigenvalue weighted by Crippen LogP contribution is -2.45. The fraction of sp³-hybridized carbons (Fsp3) is 0.619. The normalized spacial score (nSPS) is 21.4. The maximum absolute atomic E-state index is 15.0. The maximum atomic E-state index is 15.0. The monoisotopic (exact) mass is 868 g/mol. The van der Waals surface area contributed by atoms with Crippen LogP contribution in [0.3, 0.4) is 0 Å². The highest BCUT2D eigenvalue weighted by Gasteiger charge is 2.40. The summed E-state index contributed by atoms with van der Waals surface area (Å²) in [7, 11) is -2.70. The topological polar surface area (TPSA) is 146 Å². The second-order valence-corrected chi connectivity index (χ2v) is 19.3. The fourth-order valence-electron chi connectivity index (χ4n) is 8.13. The van der Waals surface area contributed by atoms with Gasteiger partial charge < -0.3 is 38.5 Å². The Morgan fingerprint density at radius 2 is 1.08 bits per heavy atom. The van der Waals surface area contributed by atoms with Crippen molar-refractivity contribution in [2.45, 2.75) is 115 Å². The van der Waals surface area contributed by atoms with Crippen molar-refractivity contribution in [1.82, 2.24) is 0 Å². The minimum atomic E-state index is -2.70. The Balaban J connectivity index is 0.000000230. The highest BCUT2D eigenvalue weighted by Crippen LogP contribution is 2.48. The van der Waals surface area contributed by atoms with Gasteiger partial charge in [0.15, 0.2) is 30.6 Å². The molecular weight excluding hydrogens is 811 g/mol. The van der Waals surface area contributed by atoms with Crippen LogP contribution in [-0.2, 0) is 28.2 Å². The molecule has 1 N–H and O–H groups in total. The van der Waals surface area contributed by atoms with Gasteiger partial charge >= 0.3 is 12.2 Å². The van der Waals surface area contributed by atoms with Crippen LogP contribution in [0.15, 0.2) is 24.3 Å². The Hall–Kier alpha value is -4.21. The molecule has 2 amide bonds. The summed E-state index contributed by atoms with van der Waals surface area (Å²) >= 11 is 0. The first-order chi connectivity index (χ1) is 28.1. The number of aliphatic hydroxyl groups is 1. The smallest absolute Gasteiger partial charge is 0.414 e. The van der Waals surface area contributed by atoms with E-state index in [9.17, 15) is 46.4 Å². The maximum Gasteiger partial charge on any atom is 0.414 e. The average molecular weight is 869 g/mol. The van der Waals surface area contributed by atoms with Crippen LogP contribution in [0, 0.1) is 23.3 Å². The number of Topliss-reactive ketones (excluding diaryl/α,β-unsaturated/α-hetero) is 2. The molecule has 332 valence electrons. The standard InChI is InChI=1S/C22H31F2N2O5P.C20H26F2N2O4/c1-5-22(31-32(3,4)29)8-10-25(11-9-22)20-18(23)12-16(13-19(20)24)26-14-17(30-21(26)28)7-6-15(2)27;1-3-20(27)6-8-23(9-7-20)18-16(21)10-14(11-17(18)22)24-12-15(28-19(24)26)5-4-13(2)25/h12-13,17H,5-11,14H2,1-4H3;10-11,15,27H,3-9,12H2,1-2H3/t17-;15-/m00/s1. The summed E-state index contributed by atoms with van der Waals surface area (Å²) in [6, 6.07) is 4.54. The van der Waals surface area contributed by atoms with E-state index in [1.54, 1.807) is 23.1 Å². The molecule has 4 fully saturated rings. The van der Waals surface area contributed by atoms with E-state index < -0.39 is 66.2 Å². The lowest BCUT2D eigenvalue weighted by molar-refractivity contribution is -0.118. The van der Waals surface area contributed by atoms with Crippen molar-refractivity contribution in [3.63, 3.8) is 0 Å². The van der Waals surface area contributed by atoms with Crippen LogP contribution in [0.1, 0.15) is 91.9 Å². The molecule has 0 spiro atoms. The summed E-state index contributed by atoms with van der Waals surface area (Å²) in [5.41, 5.74) is -1.44. The van der Waals surface area contributed by atoms with Gasteiger partial charge in [0.2, 0.25) is 0 Å². The minimum Gasteiger partial charge on any atom is -0.444 e. The van der Waals surface area contributed by atoms with Crippen LogP contribution in [0.4, 0.5) is 49.9 Å². The molecular formula is C42H57F4N4O9P. The molecule has 0 radical (unpaired) electrons. The molecule has 18 heteroatoms. The molecule has 0 aliphatic carbocycles. The van der Waals surface area contributed by atoms with Crippen molar-refractivity contribution < 1.29 is 60.4 Å². The number of rotatable bonds is 14. The molecule has 2 aromatic carbocycles. The molecule has 13 nitrogen and oxygen atoms in total. The second-order valence-electron chi connectivity index (χ2n) is 16.7. The number of anilines is 4. The first kappa shape index (κ1) is 46.8. The molecule has 4 aliphatic rings. The van der Waals surface area contributed by atoms with Crippen molar-refractivity contribution in [3.8, 4) is 0 Å². The highest BCUT2D eigenvalue weighted by atomic mass is 31.2. The minimum absolute atomic E-state index is 0.00700. The Bertz CT molecular complexity index is 1920. The number of carbonyl (C=O) groups excluding carboxylic acids is 4. The van der Waals surface area contributed by atoms with Crippen molar-refractivity contribution in [2.75, 3.05) is 72.2 Å². The number of cyclic esters (lactones) is 2. The molecule has 4 saturated heterocycles. The van der Waals surface area contributed by atoms with Gasteiger partial charge in [-0.3, -0.25) is 14.4 Å². The Kier molecular flexibility index (Phi) is 15.0. The fourth-order valence-corrected chi connectivity index (χ4v) is 9.37. The molecule has 4 aliphatic heterocycles. The van der Waals surface area contributed by atoms with Crippen LogP contribution < -0.4 is 19.6 Å². The van der Waals surface area contributed by atoms with Gasteiger partial charge in [0, 0.05) is 76.6 Å². The molecule has 0 unspecified atom stereocenters. The zero-order chi connectivity index (χ0) is 44.2. The van der Waals surface area contributed by atoms with Crippen LogP contribution in [0.25, 0.3) is 0 Å². The Morgan fingerprint density at radius 1 is 0.717 bits per heavy atom. The van der Waals surface area contributed by atoms with Crippen LogP contribution in [0.2, 0.25) is 0 Å². The van der Waals surface area contributed by atoms with Crippen molar-refractivity contribution in [3.05, 3.63) is 47.5 Å². The zero-order valence-corrected chi connectivity index (χ0v) is 36.1. The van der Waals surface area contributed by atoms with Gasteiger partial charge in [-0.15, -0.1) is 0 Å². The number of ketones is 2. The van der Waals surface area contributed by atoms with E-state index in [-0.39, 0.29) is 60.2 Å². The summed E-state index contributed by atoms with van der Waals surface area (Å²) in [4.78, 5) is 52.1. The number of nitrogens with zero attached hydrogens (tertiary/aromatic N) is 4. The molecule has 60 heavy (non-hydrogen) atoms. The molecule has 2 aromatic rings. The lowest BCUT2D eigenvalue weighted by Gasteiger charge is -2.43. The summed E-state index contributed by atoms with van der Waals surface area (Å²) in [6.45, 7) is 11.6. The van der Waals surface area contributed by atoms with E-state index in [4.69, 9.17) is 14.0 Å². The number of ether oxygens (including phenoxy) is 2. The molecule has 4 heterocycles. The van der Waals surface area contributed by atoms with Gasteiger partial charge in [-0.05, 0) is 65.2 Å². The SMILES string of the molecule is CCC1(O)CCN(c2c(F)cc(N3C[C@H](CCC(C)=O)OC3=O)cc2F)CC1.CCC1(OP(C)(C)=O)CCN(c2c(F)cc(N3C[C@H](CCC(C)=O)OC3=O)cc2F)CC1. The molecule has 0 saturated carbocycles. The predicted molar refractivity (Wildman–Crippen MR) is 219 cm³/mol. The van der Waals surface area contributed by atoms with Crippen molar-refractivity contribution in [1.29, 1.82) is 0 Å². The summed E-state index contributed by atoms with van der Waals surface area (Å²) < 4.78 is 87.9. The summed E-state index contributed by atoms with van der Waals surface area (Å²) in [6.07, 6.45) is 2.16. The van der Waals surface area contributed by atoms with E-state index in [2.05, 4.69) is 0 Å². The largest absolute Gasteiger partial charge is 0.444 e. The van der Waals surface area contributed by atoms with E-state index in [0.29, 0.717) is 77.5 Å². The number of benzene rings is 2. The number of piperidine rings is 2. The average Bonchev–Trinajstić information content (AvgIpc) is 3.74. The third-order valence-corrected chi connectivity index (χ3v) is 12.6. The zero-order valence-electron chi connectivity index (χ0n) is 35.2. The Labute approximate surface area is 348 Å². The van der Waals surface area contributed by atoms with E-state index in [0.717, 1.165) is 24.3 Å². The second kappa shape index (κ2) is 19.2. The molecule has 6 rings (SSSR count).